The second kappa shape index (κ2) is 4.86. The first kappa shape index (κ1) is 11.4. The molecule has 1 aromatic heterocycles. The average molecular weight is 226 g/mol. The molecule has 3 atom stereocenters. The van der Waals surface area contributed by atoms with Gasteiger partial charge in [0.05, 0.1) is 37.3 Å². The summed E-state index contributed by atoms with van der Waals surface area (Å²) in [5, 5.41) is 12.8. The molecule has 2 N–H and O–H groups in total. The molecule has 0 amide bonds. The number of halogens is 1. The summed E-state index contributed by atoms with van der Waals surface area (Å²) in [6.45, 7) is 2.78. The minimum atomic E-state index is -0.483. The topological polar surface area (TPSA) is 54.4 Å². The number of rotatable bonds is 3. The lowest BCUT2D eigenvalue weighted by atomic mass is 10.1. The predicted octanol–water partition coefficient (Wildman–Crippen LogP) is 0.631. The molecule has 1 fully saturated rings. The Kier molecular flexibility index (Phi) is 3.48. The first-order valence-corrected chi connectivity index (χ1v) is 5.30. The summed E-state index contributed by atoms with van der Waals surface area (Å²) in [5.41, 5.74) is 0.750. The summed E-state index contributed by atoms with van der Waals surface area (Å²) in [6, 6.07) is 2.89. The van der Waals surface area contributed by atoms with E-state index in [-0.39, 0.29) is 17.9 Å². The molecule has 0 aliphatic carbocycles. The maximum atomic E-state index is 12.7. The van der Waals surface area contributed by atoms with E-state index in [4.69, 9.17) is 4.74 Å². The van der Waals surface area contributed by atoms with E-state index in [0.29, 0.717) is 13.2 Å². The number of ether oxygens (including phenoxy) is 1. The second-order valence-electron chi connectivity index (χ2n) is 4.00. The Bertz CT molecular complexity index is 344. The standard InChI is InChI=1S/C11H15FN2O2/c1-7(9-3-2-8(12)4-13-9)14-10-5-16-6-11(10)15/h2-4,7,10-11,14-15H,5-6H2,1H3. The highest BCUT2D eigenvalue weighted by Gasteiger charge is 2.27. The minimum absolute atomic E-state index is 0.0399. The number of nitrogens with zero attached hydrogens (tertiary/aromatic N) is 1. The molecule has 1 saturated heterocycles. The van der Waals surface area contributed by atoms with Gasteiger partial charge in [0.2, 0.25) is 0 Å². The number of hydrogen-bond donors (Lipinski definition) is 2. The third kappa shape index (κ3) is 2.55. The molecule has 16 heavy (non-hydrogen) atoms. The van der Waals surface area contributed by atoms with Crippen LogP contribution in [0.2, 0.25) is 0 Å². The fourth-order valence-corrected chi connectivity index (χ4v) is 1.75. The average Bonchev–Trinajstić information content (AvgIpc) is 2.65. The third-order valence-corrected chi connectivity index (χ3v) is 2.71. The molecular weight excluding hydrogens is 211 g/mol. The fourth-order valence-electron chi connectivity index (χ4n) is 1.75. The van der Waals surface area contributed by atoms with Crippen LogP contribution in [-0.2, 0) is 4.74 Å². The van der Waals surface area contributed by atoms with Crippen LogP contribution in [0.4, 0.5) is 4.39 Å². The molecule has 1 aliphatic heterocycles. The van der Waals surface area contributed by atoms with Gasteiger partial charge in [0.1, 0.15) is 5.82 Å². The summed E-state index contributed by atoms with van der Waals surface area (Å²) in [7, 11) is 0. The summed E-state index contributed by atoms with van der Waals surface area (Å²) < 4.78 is 17.8. The Labute approximate surface area is 93.5 Å². The zero-order chi connectivity index (χ0) is 11.5. The SMILES string of the molecule is CC(NC1COCC1O)c1ccc(F)cn1. The van der Waals surface area contributed by atoms with Crippen LogP contribution >= 0.6 is 0 Å². The summed E-state index contributed by atoms with van der Waals surface area (Å²) in [4.78, 5) is 3.99. The van der Waals surface area contributed by atoms with Crippen molar-refractivity contribution in [2.45, 2.75) is 25.1 Å². The van der Waals surface area contributed by atoms with Gasteiger partial charge in [0, 0.05) is 6.04 Å². The zero-order valence-electron chi connectivity index (χ0n) is 9.06. The van der Waals surface area contributed by atoms with Gasteiger partial charge >= 0.3 is 0 Å². The minimum Gasteiger partial charge on any atom is -0.389 e. The van der Waals surface area contributed by atoms with Crippen LogP contribution in [0.15, 0.2) is 18.3 Å². The molecule has 0 aromatic carbocycles. The Balaban J connectivity index is 1.97. The lowest BCUT2D eigenvalue weighted by Gasteiger charge is -2.20. The molecule has 2 rings (SSSR count). The molecule has 3 unspecified atom stereocenters. The maximum Gasteiger partial charge on any atom is 0.141 e. The normalized spacial score (nSPS) is 26.9. The van der Waals surface area contributed by atoms with Crippen LogP contribution < -0.4 is 5.32 Å². The van der Waals surface area contributed by atoms with Gasteiger partial charge in [-0.25, -0.2) is 4.39 Å². The Morgan fingerprint density at radius 1 is 1.56 bits per heavy atom. The van der Waals surface area contributed by atoms with Gasteiger partial charge in [0.25, 0.3) is 0 Å². The molecule has 5 heteroatoms. The fraction of sp³-hybridized carbons (Fsp3) is 0.545. The van der Waals surface area contributed by atoms with Crippen molar-refractivity contribution >= 4 is 0 Å². The van der Waals surface area contributed by atoms with Crippen molar-refractivity contribution in [3.8, 4) is 0 Å². The highest BCUT2D eigenvalue weighted by molar-refractivity contribution is 5.09. The lowest BCUT2D eigenvalue weighted by Crippen LogP contribution is -2.40. The number of hydrogen-bond acceptors (Lipinski definition) is 4. The van der Waals surface area contributed by atoms with Crippen LogP contribution in [0.1, 0.15) is 18.7 Å². The largest absolute Gasteiger partial charge is 0.389 e. The smallest absolute Gasteiger partial charge is 0.141 e. The molecule has 2 heterocycles. The van der Waals surface area contributed by atoms with Gasteiger partial charge in [-0.1, -0.05) is 0 Å². The molecule has 1 aromatic rings. The zero-order valence-corrected chi connectivity index (χ0v) is 9.06. The van der Waals surface area contributed by atoms with Crippen LogP contribution in [0, 0.1) is 5.82 Å². The van der Waals surface area contributed by atoms with Gasteiger partial charge in [-0.2, -0.15) is 0 Å². The number of aliphatic hydroxyl groups is 1. The van der Waals surface area contributed by atoms with Crippen molar-refractivity contribution in [3.63, 3.8) is 0 Å². The molecular formula is C11H15FN2O2. The monoisotopic (exact) mass is 226 g/mol. The van der Waals surface area contributed by atoms with Crippen LogP contribution in [-0.4, -0.2) is 35.5 Å². The number of nitrogens with one attached hydrogen (secondary N) is 1. The number of aromatic nitrogens is 1. The van der Waals surface area contributed by atoms with E-state index in [1.54, 1.807) is 6.07 Å². The van der Waals surface area contributed by atoms with Gasteiger partial charge in [0.15, 0.2) is 0 Å². The summed E-state index contributed by atoms with van der Waals surface area (Å²) in [5.74, 6) is -0.347. The summed E-state index contributed by atoms with van der Waals surface area (Å²) in [6.07, 6.45) is 0.706. The van der Waals surface area contributed by atoms with E-state index in [9.17, 15) is 9.50 Å². The number of pyridine rings is 1. The maximum absolute atomic E-state index is 12.7. The van der Waals surface area contributed by atoms with E-state index in [1.807, 2.05) is 6.92 Å². The highest BCUT2D eigenvalue weighted by Crippen LogP contribution is 2.14. The molecule has 4 nitrogen and oxygen atoms in total. The predicted molar refractivity (Wildman–Crippen MR) is 56.4 cm³/mol. The lowest BCUT2D eigenvalue weighted by molar-refractivity contribution is 0.121. The van der Waals surface area contributed by atoms with Crippen molar-refractivity contribution in [3.05, 3.63) is 29.8 Å². The molecule has 0 radical (unpaired) electrons. The van der Waals surface area contributed by atoms with Gasteiger partial charge in [-0.3, -0.25) is 4.98 Å². The van der Waals surface area contributed by atoms with Crippen LogP contribution in [0.5, 0.6) is 0 Å². The van der Waals surface area contributed by atoms with E-state index in [2.05, 4.69) is 10.3 Å². The number of aliphatic hydroxyl groups excluding tert-OH is 1. The first-order chi connectivity index (χ1) is 7.66. The van der Waals surface area contributed by atoms with E-state index in [1.165, 1.54) is 12.3 Å². The first-order valence-electron chi connectivity index (χ1n) is 5.30. The Hall–Kier alpha value is -1.04. The van der Waals surface area contributed by atoms with Crippen molar-refractivity contribution in [2.75, 3.05) is 13.2 Å². The van der Waals surface area contributed by atoms with E-state index < -0.39 is 6.10 Å². The molecule has 0 saturated carbocycles. The van der Waals surface area contributed by atoms with Crippen molar-refractivity contribution in [1.29, 1.82) is 0 Å². The Morgan fingerprint density at radius 3 is 2.94 bits per heavy atom. The molecule has 0 spiro atoms. The third-order valence-electron chi connectivity index (χ3n) is 2.71. The van der Waals surface area contributed by atoms with Crippen molar-refractivity contribution in [1.82, 2.24) is 10.3 Å². The van der Waals surface area contributed by atoms with Gasteiger partial charge < -0.3 is 15.2 Å². The van der Waals surface area contributed by atoms with E-state index >= 15 is 0 Å². The van der Waals surface area contributed by atoms with E-state index in [0.717, 1.165) is 5.69 Å². The van der Waals surface area contributed by atoms with Crippen LogP contribution in [0.3, 0.4) is 0 Å². The van der Waals surface area contributed by atoms with Crippen molar-refractivity contribution < 1.29 is 14.2 Å². The Morgan fingerprint density at radius 2 is 2.38 bits per heavy atom. The molecule has 88 valence electrons. The van der Waals surface area contributed by atoms with Gasteiger partial charge in [-0.15, -0.1) is 0 Å². The van der Waals surface area contributed by atoms with Gasteiger partial charge in [-0.05, 0) is 19.1 Å². The highest BCUT2D eigenvalue weighted by atomic mass is 19.1. The quantitative estimate of drug-likeness (QED) is 0.793. The van der Waals surface area contributed by atoms with Crippen molar-refractivity contribution in [2.24, 2.45) is 0 Å². The van der Waals surface area contributed by atoms with Crippen LogP contribution in [0.25, 0.3) is 0 Å². The second-order valence-corrected chi connectivity index (χ2v) is 4.00. The molecule has 1 aliphatic rings. The summed E-state index contributed by atoms with van der Waals surface area (Å²) >= 11 is 0. The molecule has 0 bridgehead atoms.